The van der Waals surface area contributed by atoms with E-state index in [1.807, 2.05) is 31.2 Å². The van der Waals surface area contributed by atoms with E-state index in [-0.39, 0.29) is 36.0 Å². The van der Waals surface area contributed by atoms with Gasteiger partial charge in [-0.2, -0.15) is 5.10 Å². The Kier molecular flexibility index (Phi) is 6.04. The molecule has 1 aromatic carbocycles. The van der Waals surface area contributed by atoms with E-state index in [1.165, 1.54) is 22.1 Å². The van der Waals surface area contributed by atoms with Gasteiger partial charge in [0.05, 0.1) is 6.54 Å². The van der Waals surface area contributed by atoms with Crippen LogP contribution in [0.3, 0.4) is 0 Å². The summed E-state index contributed by atoms with van der Waals surface area (Å²) in [5, 5.41) is 10.4. The van der Waals surface area contributed by atoms with Crippen molar-refractivity contribution in [2.75, 3.05) is 12.4 Å². The fraction of sp³-hybridized carbons (Fsp3) is 0.500. The standard InChI is InChI=1S/C24H31N5O3/c1-4-16-9-8-12-18(13-16)25-21(30)19-14-20-22(31)28(3)24(2,15-29(20)27-19)23(32)26-17-10-6-5-7-11-17/h8-9,12-14,17H,4-7,10-11,15H2,1-3H3,(H,25,30)(H,26,32)/t24-/m1/s1. The van der Waals surface area contributed by atoms with Crippen LogP contribution in [-0.4, -0.2) is 51.0 Å². The number of hydrogen-bond donors (Lipinski definition) is 2. The molecule has 1 aliphatic heterocycles. The molecule has 1 saturated carbocycles. The maximum Gasteiger partial charge on any atom is 0.276 e. The predicted molar refractivity (Wildman–Crippen MR) is 122 cm³/mol. The van der Waals surface area contributed by atoms with Crippen LogP contribution < -0.4 is 10.6 Å². The first-order valence-corrected chi connectivity index (χ1v) is 11.4. The molecule has 3 amide bonds. The van der Waals surface area contributed by atoms with Gasteiger partial charge < -0.3 is 15.5 Å². The molecule has 2 aromatic rings. The number of aryl methyl sites for hydroxylation is 1. The molecule has 170 valence electrons. The number of carbonyl (C=O) groups excluding carboxylic acids is 3. The zero-order valence-electron chi connectivity index (χ0n) is 19.0. The number of anilines is 1. The van der Waals surface area contributed by atoms with Crippen LogP contribution in [0.25, 0.3) is 0 Å². The summed E-state index contributed by atoms with van der Waals surface area (Å²) in [7, 11) is 1.63. The summed E-state index contributed by atoms with van der Waals surface area (Å²) < 4.78 is 1.49. The zero-order valence-corrected chi connectivity index (χ0v) is 19.0. The molecule has 1 aliphatic carbocycles. The smallest absolute Gasteiger partial charge is 0.276 e. The van der Waals surface area contributed by atoms with Crippen LogP contribution in [0.4, 0.5) is 5.69 Å². The van der Waals surface area contributed by atoms with Crippen molar-refractivity contribution < 1.29 is 14.4 Å². The average Bonchev–Trinajstić information content (AvgIpc) is 3.22. The molecule has 0 bridgehead atoms. The second-order valence-corrected chi connectivity index (χ2v) is 9.03. The van der Waals surface area contributed by atoms with Crippen molar-refractivity contribution in [1.82, 2.24) is 20.0 Å². The molecular weight excluding hydrogens is 406 g/mol. The van der Waals surface area contributed by atoms with E-state index in [0.717, 1.165) is 37.7 Å². The first-order valence-electron chi connectivity index (χ1n) is 11.4. The Balaban J connectivity index is 1.53. The van der Waals surface area contributed by atoms with E-state index >= 15 is 0 Å². The molecule has 2 aliphatic rings. The van der Waals surface area contributed by atoms with E-state index in [2.05, 4.69) is 15.7 Å². The molecule has 2 N–H and O–H groups in total. The summed E-state index contributed by atoms with van der Waals surface area (Å²) in [6.07, 6.45) is 6.22. The summed E-state index contributed by atoms with van der Waals surface area (Å²) in [6.45, 7) is 4.00. The van der Waals surface area contributed by atoms with E-state index in [1.54, 1.807) is 14.0 Å². The van der Waals surface area contributed by atoms with Gasteiger partial charge in [-0.25, -0.2) is 0 Å². The highest BCUT2D eigenvalue weighted by Gasteiger charge is 2.46. The Bertz CT molecular complexity index is 1040. The quantitative estimate of drug-likeness (QED) is 0.752. The van der Waals surface area contributed by atoms with E-state index in [9.17, 15) is 14.4 Å². The largest absolute Gasteiger partial charge is 0.351 e. The first kappa shape index (κ1) is 22.0. The number of rotatable bonds is 5. The van der Waals surface area contributed by atoms with Crippen LogP contribution in [0.5, 0.6) is 0 Å². The molecule has 1 fully saturated rings. The summed E-state index contributed by atoms with van der Waals surface area (Å²) in [6, 6.07) is 9.27. The number of nitrogens with one attached hydrogen (secondary N) is 2. The number of nitrogens with zero attached hydrogens (tertiary/aromatic N) is 3. The van der Waals surface area contributed by atoms with Crippen molar-refractivity contribution in [1.29, 1.82) is 0 Å². The van der Waals surface area contributed by atoms with Crippen LogP contribution in [0.15, 0.2) is 30.3 Å². The van der Waals surface area contributed by atoms with E-state index in [4.69, 9.17) is 0 Å². The maximum atomic E-state index is 13.2. The van der Waals surface area contributed by atoms with Crippen molar-refractivity contribution in [3.05, 3.63) is 47.3 Å². The lowest BCUT2D eigenvalue weighted by molar-refractivity contribution is -0.133. The van der Waals surface area contributed by atoms with E-state index in [0.29, 0.717) is 11.4 Å². The molecule has 0 unspecified atom stereocenters. The fourth-order valence-corrected chi connectivity index (χ4v) is 4.49. The van der Waals surface area contributed by atoms with Gasteiger partial charge in [0, 0.05) is 24.8 Å². The minimum atomic E-state index is -1.07. The molecule has 1 atom stereocenters. The highest BCUT2D eigenvalue weighted by molar-refractivity contribution is 6.05. The zero-order chi connectivity index (χ0) is 22.9. The predicted octanol–water partition coefficient (Wildman–Crippen LogP) is 2.99. The summed E-state index contributed by atoms with van der Waals surface area (Å²) >= 11 is 0. The number of benzene rings is 1. The highest BCUT2D eigenvalue weighted by Crippen LogP contribution is 2.27. The SMILES string of the molecule is CCc1cccc(NC(=O)c2cc3n(n2)C[C@](C)(C(=O)NC2CCCCC2)N(C)C3=O)c1. The molecule has 0 saturated heterocycles. The van der Waals surface area contributed by atoms with Gasteiger partial charge in [0.25, 0.3) is 11.8 Å². The second-order valence-electron chi connectivity index (χ2n) is 9.03. The van der Waals surface area contributed by atoms with Gasteiger partial charge in [0.1, 0.15) is 11.2 Å². The summed E-state index contributed by atoms with van der Waals surface area (Å²) in [4.78, 5) is 40.5. The minimum Gasteiger partial charge on any atom is -0.351 e. The van der Waals surface area contributed by atoms with Crippen molar-refractivity contribution in [3.8, 4) is 0 Å². The molecule has 1 aromatic heterocycles. The van der Waals surface area contributed by atoms with Crippen molar-refractivity contribution in [2.24, 2.45) is 0 Å². The summed E-state index contributed by atoms with van der Waals surface area (Å²) in [5.41, 5.74) is 1.18. The number of amides is 3. The van der Waals surface area contributed by atoms with Crippen LogP contribution in [-0.2, 0) is 17.8 Å². The van der Waals surface area contributed by atoms with Crippen LogP contribution in [0.2, 0.25) is 0 Å². The molecule has 4 rings (SSSR count). The Morgan fingerprint density at radius 1 is 1.19 bits per heavy atom. The third-order valence-electron chi connectivity index (χ3n) is 6.76. The van der Waals surface area contributed by atoms with Gasteiger partial charge >= 0.3 is 0 Å². The number of likely N-dealkylation sites (N-methyl/N-ethyl adjacent to an activating group) is 1. The van der Waals surface area contributed by atoms with Crippen molar-refractivity contribution in [3.63, 3.8) is 0 Å². The molecule has 2 heterocycles. The topological polar surface area (TPSA) is 96.3 Å². The number of carbonyl (C=O) groups is 3. The van der Waals surface area contributed by atoms with Crippen molar-refractivity contribution >= 4 is 23.4 Å². The average molecular weight is 438 g/mol. The fourth-order valence-electron chi connectivity index (χ4n) is 4.49. The van der Waals surface area contributed by atoms with Gasteiger partial charge in [0.2, 0.25) is 5.91 Å². The normalized spacial score (nSPS) is 21.2. The minimum absolute atomic E-state index is 0.149. The Hall–Kier alpha value is -3.16. The summed E-state index contributed by atoms with van der Waals surface area (Å²) in [5.74, 6) is -0.884. The van der Waals surface area contributed by atoms with Gasteiger partial charge in [-0.1, -0.05) is 38.3 Å². The third kappa shape index (κ3) is 4.13. The highest BCUT2D eigenvalue weighted by atomic mass is 16.2. The molecule has 8 heteroatoms. The Morgan fingerprint density at radius 2 is 1.94 bits per heavy atom. The van der Waals surface area contributed by atoms with Gasteiger partial charge in [-0.15, -0.1) is 0 Å². The van der Waals surface area contributed by atoms with E-state index < -0.39 is 5.54 Å². The molecule has 0 radical (unpaired) electrons. The van der Waals surface area contributed by atoms with Gasteiger partial charge in [-0.05, 0) is 43.9 Å². The van der Waals surface area contributed by atoms with Crippen LogP contribution in [0, 0.1) is 0 Å². The Morgan fingerprint density at radius 3 is 2.66 bits per heavy atom. The third-order valence-corrected chi connectivity index (χ3v) is 6.76. The van der Waals surface area contributed by atoms with Gasteiger partial charge in [-0.3, -0.25) is 19.1 Å². The lowest BCUT2D eigenvalue weighted by Gasteiger charge is -2.41. The lowest BCUT2D eigenvalue weighted by Crippen LogP contribution is -2.63. The lowest BCUT2D eigenvalue weighted by atomic mass is 9.92. The monoisotopic (exact) mass is 437 g/mol. The Labute approximate surface area is 188 Å². The van der Waals surface area contributed by atoms with Crippen molar-refractivity contribution in [2.45, 2.75) is 70.5 Å². The molecule has 32 heavy (non-hydrogen) atoms. The maximum absolute atomic E-state index is 13.2. The molecule has 0 spiro atoms. The number of hydrogen-bond acceptors (Lipinski definition) is 4. The van der Waals surface area contributed by atoms with Gasteiger partial charge in [0.15, 0.2) is 5.69 Å². The molecule has 8 nitrogen and oxygen atoms in total. The number of fused-ring (bicyclic) bond motifs is 1. The second kappa shape index (κ2) is 8.76. The first-order chi connectivity index (χ1) is 15.3. The van der Waals surface area contributed by atoms with Crippen LogP contribution >= 0.6 is 0 Å². The number of aromatic nitrogens is 2. The molecular formula is C24H31N5O3. The van der Waals surface area contributed by atoms with Crippen LogP contribution in [0.1, 0.15) is 72.5 Å².